The van der Waals surface area contributed by atoms with Crippen LogP contribution >= 0.6 is 0 Å². The molecule has 1 aliphatic carbocycles. The lowest BCUT2D eigenvalue weighted by atomic mass is 9.67. The van der Waals surface area contributed by atoms with Crippen molar-refractivity contribution in [2.75, 3.05) is 7.11 Å². The molecule has 1 fully saturated rings. The Morgan fingerprint density at radius 1 is 1.40 bits per heavy atom. The van der Waals surface area contributed by atoms with Crippen LogP contribution in [0, 0.1) is 11.8 Å². The fourth-order valence-corrected chi connectivity index (χ4v) is 1.69. The molecule has 0 aromatic heterocycles. The third-order valence-electron chi connectivity index (χ3n) is 2.82. The van der Waals surface area contributed by atoms with Crippen molar-refractivity contribution in [1.82, 2.24) is 0 Å². The number of hydrogen-bond donors (Lipinski definition) is 0. The van der Waals surface area contributed by atoms with Crippen LogP contribution in [-0.2, 0) is 4.74 Å². The number of ether oxygens (including phenoxy) is 1. The summed E-state index contributed by atoms with van der Waals surface area (Å²) in [4.78, 5) is 0. The van der Waals surface area contributed by atoms with Gasteiger partial charge in [-0.1, -0.05) is 13.8 Å². The summed E-state index contributed by atoms with van der Waals surface area (Å²) in [5, 5.41) is 0. The Hall–Kier alpha value is -0.0400. The Balaban J connectivity index is 2.29. The van der Waals surface area contributed by atoms with Gasteiger partial charge < -0.3 is 4.74 Å². The van der Waals surface area contributed by atoms with E-state index >= 15 is 0 Å². The van der Waals surface area contributed by atoms with Gasteiger partial charge in [-0.2, -0.15) is 0 Å². The zero-order valence-corrected chi connectivity index (χ0v) is 7.48. The summed E-state index contributed by atoms with van der Waals surface area (Å²) in [5.74, 6) is 1.74. The third-order valence-corrected chi connectivity index (χ3v) is 2.82. The molecule has 0 heterocycles. The van der Waals surface area contributed by atoms with Crippen molar-refractivity contribution in [2.45, 2.75) is 39.2 Å². The van der Waals surface area contributed by atoms with Crippen LogP contribution in [0.5, 0.6) is 0 Å². The Morgan fingerprint density at radius 2 is 1.90 bits per heavy atom. The smallest absolute Gasteiger partial charge is 0.0656 e. The molecule has 1 nitrogen and oxygen atoms in total. The summed E-state index contributed by atoms with van der Waals surface area (Å²) in [5.41, 5.74) is 0.217. The lowest BCUT2D eigenvalue weighted by molar-refractivity contribution is -0.102. The molecule has 0 aliphatic heterocycles. The highest BCUT2D eigenvalue weighted by atomic mass is 16.5. The van der Waals surface area contributed by atoms with Crippen LogP contribution in [0.1, 0.15) is 33.6 Å². The SMILES string of the molecule is COC1(C)CC(C(C)C)C1. The van der Waals surface area contributed by atoms with Crippen LogP contribution in [0.3, 0.4) is 0 Å². The van der Waals surface area contributed by atoms with E-state index in [9.17, 15) is 0 Å². The van der Waals surface area contributed by atoms with Gasteiger partial charge in [0, 0.05) is 7.11 Å². The molecule has 0 amide bonds. The predicted octanol–water partition coefficient (Wildman–Crippen LogP) is 2.46. The van der Waals surface area contributed by atoms with Crippen molar-refractivity contribution in [2.24, 2.45) is 11.8 Å². The van der Waals surface area contributed by atoms with Crippen LogP contribution in [0.2, 0.25) is 0 Å². The van der Waals surface area contributed by atoms with Gasteiger partial charge in [0.2, 0.25) is 0 Å². The molecule has 0 radical (unpaired) electrons. The maximum atomic E-state index is 5.35. The van der Waals surface area contributed by atoms with E-state index in [4.69, 9.17) is 4.74 Å². The fourth-order valence-electron chi connectivity index (χ4n) is 1.69. The highest BCUT2D eigenvalue weighted by Crippen LogP contribution is 2.43. The second-order valence-corrected chi connectivity index (χ2v) is 4.07. The van der Waals surface area contributed by atoms with Crippen LogP contribution in [0.25, 0.3) is 0 Å². The van der Waals surface area contributed by atoms with E-state index in [0.29, 0.717) is 0 Å². The van der Waals surface area contributed by atoms with Crippen molar-refractivity contribution in [3.8, 4) is 0 Å². The molecule has 1 rings (SSSR count). The van der Waals surface area contributed by atoms with E-state index in [1.807, 2.05) is 7.11 Å². The minimum Gasteiger partial charge on any atom is -0.379 e. The van der Waals surface area contributed by atoms with E-state index in [-0.39, 0.29) is 5.60 Å². The van der Waals surface area contributed by atoms with Crippen LogP contribution in [-0.4, -0.2) is 12.7 Å². The maximum Gasteiger partial charge on any atom is 0.0656 e. The molecular weight excluding hydrogens is 124 g/mol. The maximum absolute atomic E-state index is 5.35. The normalized spacial score (nSPS) is 39.9. The van der Waals surface area contributed by atoms with Gasteiger partial charge in [-0.05, 0) is 31.6 Å². The lowest BCUT2D eigenvalue weighted by Crippen LogP contribution is -2.44. The number of hydrogen-bond acceptors (Lipinski definition) is 1. The van der Waals surface area contributed by atoms with Crippen molar-refractivity contribution in [3.63, 3.8) is 0 Å². The van der Waals surface area contributed by atoms with Crippen molar-refractivity contribution in [1.29, 1.82) is 0 Å². The first-order chi connectivity index (χ1) is 4.57. The highest BCUT2D eigenvalue weighted by Gasteiger charge is 2.41. The second-order valence-electron chi connectivity index (χ2n) is 4.07. The first kappa shape index (κ1) is 8.06. The molecule has 0 aromatic carbocycles. The molecule has 0 N–H and O–H groups in total. The van der Waals surface area contributed by atoms with Gasteiger partial charge in [0.1, 0.15) is 0 Å². The van der Waals surface area contributed by atoms with Gasteiger partial charge >= 0.3 is 0 Å². The summed E-state index contributed by atoms with van der Waals surface area (Å²) < 4.78 is 5.35. The molecule has 0 saturated heterocycles. The Kier molecular flexibility index (Phi) is 2.04. The Morgan fingerprint density at radius 3 is 2.20 bits per heavy atom. The minimum atomic E-state index is 0.217. The first-order valence-corrected chi connectivity index (χ1v) is 4.12. The molecule has 0 spiro atoms. The van der Waals surface area contributed by atoms with E-state index in [0.717, 1.165) is 11.8 Å². The quantitative estimate of drug-likeness (QED) is 0.575. The van der Waals surface area contributed by atoms with Gasteiger partial charge in [0.25, 0.3) is 0 Å². The number of methoxy groups -OCH3 is 1. The van der Waals surface area contributed by atoms with Gasteiger partial charge in [0.05, 0.1) is 5.60 Å². The molecule has 0 unspecified atom stereocenters. The summed E-state index contributed by atoms with van der Waals surface area (Å²) in [6.07, 6.45) is 2.50. The monoisotopic (exact) mass is 142 g/mol. The van der Waals surface area contributed by atoms with Gasteiger partial charge in [-0.15, -0.1) is 0 Å². The largest absolute Gasteiger partial charge is 0.379 e. The van der Waals surface area contributed by atoms with E-state index in [1.165, 1.54) is 12.8 Å². The third kappa shape index (κ3) is 1.34. The van der Waals surface area contributed by atoms with E-state index in [2.05, 4.69) is 20.8 Å². The Bertz CT molecular complexity index is 112. The molecule has 1 heteroatoms. The molecule has 0 aromatic rings. The van der Waals surface area contributed by atoms with Crippen LogP contribution in [0.4, 0.5) is 0 Å². The second kappa shape index (κ2) is 2.54. The molecule has 0 atom stereocenters. The van der Waals surface area contributed by atoms with Crippen molar-refractivity contribution < 1.29 is 4.74 Å². The average Bonchev–Trinajstić information content (AvgIpc) is 1.80. The standard InChI is InChI=1S/C9H18O/c1-7(2)8-5-9(3,6-8)10-4/h7-8H,5-6H2,1-4H3. The minimum absolute atomic E-state index is 0.217. The lowest BCUT2D eigenvalue weighted by Gasteiger charge is -2.46. The molecular formula is C9H18O. The highest BCUT2D eigenvalue weighted by molar-refractivity contribution is 4.92. The summed E-state index contributed by atoms with van der Waals surface area (Å²) in [6.45, 7) is 6.78. The van der Waals surface area contributed by atoms with E-state index in [1.54, 1.807) is 0 Å². The van der Waals surface area contributed by atoms with Gasteiger partial charge in [0.15, 0.2) is 0 Å². The zero-order valence-electron chi connectivity index (χ0n) is 7.48. The first-order valence-electron chi connectivity index (χ1n) is 4.12. The van der Waals surface area contributed by atoms with E-state index < -0.39 is 0 Å². The van der Waals surface area contributed by atoms with Gasteiger partial charge in [-0.3, -0.25) is 0 Å². The Labute approximate surface area is 63.8 Å². The molecule has 60 valence electrons. The molecule has 1 aliphatic rings. The topological polar surface area (TPSA) is 9.23 Å². The van der Waals surface area contributed by atoms with Crippen LogP contribution < -0.4 is 0 Å². The summed E-state index contributed by atoms with van der Waals surface area (Å²) >= 11 is 0. The molecule has 10 heavy (non-hydrogen) atoms. The van der Waals surface area contributed by atoms with Crippen molar-refractivity contribution in [3.05, 3.63) is 0 Å². The molecule has 1 saturated carbocycles. The average molecular weight is 142 g/mol. The van der Waals surface area contributed by atoms with Gasteiger partial charge in [-0.25, -0.2) is 0 Å². The summed E-state index contributed by atoms with van der Waals surface area (Å²) in [6, 6.07) is 0. The van der Waals surface area contributed by atoms with Crippen LogP contribution in [0.15, 0.2) is 0 Å². The van der Waals surface area contributed by atoms with Crippen molar-refractivity contribution >= 4 is 0 Å². The summed E-state index contributed by atoms with van der Waals surface area (Å²) in [7, 11) is 1.82. The fraction of sp³-hybridized carbons (Fsp3) is 1.00. The zero-order chi connectivity index (χ0) is 7.78. The predicted molar refractivity (Wildman–Crippen MR) is 43.0 cm³/mol. The number of rotatable bonds is 2. The molecule has 0 bridgehead atoms.